The Morgan fingerprint density at radius 3 is 2.04 bits per heavy atom. The number of nitriles is 1. The molecule has 0 radical (unpaired) electrons. The number of hydrogen-bond acceptors (Lipinski definition) is 5. The Balaban J connectivity index is 1.72. The minimum absolute atomic E-state index is 0.0283. The van der Waals surface area contributed by atoms with E-state index in [-0.39, 0.29) is 36.6 Å². The smallest absolute Gasteiger partial charge is 0.208 e. The third-order valence-corrected chi connectivity index (χ3v) is 7.94. The number of hydrogen-bond donors (Lipinski definition) is 0. The second-order valence-corrected chi connectivity index (χ2v) is 9.89. The minimum Gasteiger partial charge on any atom is -0.208 e. The number of nitrogens with zero attached hydrogens (tertiary/aromatic N) is 3. The van der Waals surface area contributed by atoms with E-state index in [2.05, 4.69) is 0 Å². The zero-order chi connectivity index (χ0) is 20.2. The topological polar surface area (TPSA) is 98.5 Å². The fourth-order valence-corrected chi connectivity index (χ4v) is 5.64. The summed E-state index contributed by atoms with van der Waals surface area (Å²) in [4.78, 5) is -0.0576. The summed E-state index contributed by atoms with van der Waals surface area (Å²) in [6.07, 6.45) is 1.52. The Kier molecular flexibility index (Phi) is 5.96. The van der Waals surface area contributed by atoms with Crippen LogP contribution < -0.4 is 0 Å². The average Bonchev–Trinajstić information content (AvgIpc) is 2.73. The van der Waals surface area contributed by atoms with Crippen LogP contribution in [0.25, 0.3) is 6.08 Å². The van der Waals surface area contributed by atoms with Gasteiger partial charge in [-0.2, -0.15) is 13.9 Å². The van der Waals surface area contributed by atoms with E-state index >= 15 is 0 Å². The van der Waals surface area contributed by atoms with Gasteiger partial charge in [0.15, 0.2) is 0 Å². The van der Waals surface area contributed by atoms with E-state index < -0.39 is 20.0 Å². The van der Waals surface area contributed by atoms with Crippen LogP contribution >= 0.6 is 0 Å². The zero-order valence-electron chi connectivity index (χ0n) is 15.0. The quantitative estimate of drug-likeness (QED) is 0.740. The second-order valence-electron chi connectivity index (χ2n) is 6.17. The molecule has 0 amide bonds. The van der Waals surface area contributed by atoms with Gasteiger partial charge in [-0.25, -0.2) is 16.8 Å². The van der Waals surface area contributed by atoms with Gasteiger partial charge in [-0.1, -0.05) is 42.5 Å². The molecule has 7 nitrogen and oxygen atoms in total. The van der Waals surface area contributed by atoms with Crippen molar-refractivity contribution in [2.45, 2.75) is 4.90 Å². The maximum Gasteiger partial charge on any atom is 0.244 e. The van der Waals surface area contributed by atoms with Gasteiger partial charge in [0.2, 0.25) is 20.0 Å². The molecule has 146 valence electrons. The molecule has 2 aromatic carbocycles. The van der Waals surface area contributed by atoms with Crippen LogP contribution in [0.3, 0.4) is 0 Å². The zero-order valence-corrected chi connectivity index (χ0v) is 16.6. The summed E-state index contributed by atoms with van der Waals surface area (Å²) in [5.74, 6) is 0. The fraction of sp³-hybridized carbons (Fsp3) is 0.211. The van der Waals surface area contributed by atoms with Crippen molar-refractivity contribution in [2.24, 2.45) is 0 Å². The van der Waals surface area contributed by atoms with Crippen molar-refractivity contribution in [1.82, 2.24) is 8.61 Å². The van der Waals surface area contributed by atoms with Gasteiger partial charge in [0.1, 0.15) is 6.07 Å². The van der Waals surface area contributed by atoms with E-state index in [9.17, 15) is 16.8 Å². The van der Waals surface area contributed by atoms with Gasteiger partial charge >= 0.3 is 0 Å². The molecule has 0 unspecified atom stereocenters. The summed E-state index contributed by atoms with van der Waals surface area (Å²) < 4.78 is 53.2. The highest BCUT2D eigenvalue weighted by Gasteiger charge is 2.33. The van der Waals surface area contributed by atoms with Gasteiger partial charge < -0.3 is 0 Å². The summed E-state index contributed by atoms with van der Waals surface area (Å²) in [7, 11) is -7.51. The maximum atomic E-state index is 12.8. The standard InChI is InChI=1S/C19H19N3O4S2/c20-16-18-8-4-5-9-19(18)28(25,26)22-13-11-21(12-14-22)27(23,24)15-10-17-6-2-1-3-7-17/h1-10,15H,11-14H2/b15-10+. The van der Waals surface area contributed by atoms with Crippen LogP contribution in [0.1, 0.15) is 11.1 Å². The van der Waals surface area contributed by atoms with Gasteiger partial charge in [-0.3, -0.25) is 0 Å². The first-order valence-electron chi connectivity index (χ1n) is 8.57. The molecule has 1 fully saturated rings. The SMILES string of the molecule is N#Cc1ccccc1S(=O)(=O)N1CCN(S(=O)(=O)/C=C/c2ccccc2)CC1. The number of piperazine rings is 1. The molecule has 1 saturated heterocycles. The second kappa shape index (κ2) is 8.24. The van der Waals surface area contributed by atoms with Crippen molar-refractivity contribution < 1.29 is 16.8 Å². The summed E-state index contributed by atoms with van der Waals surface area (Å²) in [6.45, 7) is 0.159. The molecule has 0 atom stereocenters. The molecule has 1 heterocycles. The van der Waals surface area contributed by atoms with Gasteiger partial charge in [0.25, 0.3) is 0 Å². The molecular weight excluding hydrogens is 398 g/mol. The molecule has 1 aliphatic heterocycles. The lowest BCUT2D eigenvalue weighted by Crippen LogP contribution is -2.50. The lowest BCUT2D eigenvalue weighted by molar-refractivity contribution is 0.275. The Bertz CT molecular complexity index is 1110. The molecule has 0 aliphatic carbocycles. The van der Waals surface area contributed by atoms with Crippen LogP contribution in [0.2, 0.25) is 0 Å². The predicted molar refractivity (Wildman–Crippen MR) is 106 cm³/mol. The van der Waals surface area contributed by atoms with Crippen LogP contribution in [-0.2, 0) is 20.0 Å². The molecular formula is C19H19N3O4S2. The fourth-order valence-electron chi connectivity index (χ4n) is 2.90. The molecule has 0 N–H and O–H groups in total. The molecule has 0 spiro atoms. The molecule has 3 rings (SSSR count). The molecule has 1 aliphatic rings. The van der Waals surface area contributed by atoms with Crippen molar-refractivity contribution in [3.05, 3.63) is 71.1 Å². The molecule has 0 saturated carbocycles. The van der Waals surface area contributed by atoms with E-state index in [1.165, 1.54) is 26.8 Å². The van der Waals surface area contributed by atoms with Crippen LogP contribution in [0, 0.1) is 11.3 Å². The maximum absolute atomic E-state index is 12.8. The van der Waals surface area contributed by atoms with Crippen molar-refractivity contribution in [3.8, 4) is 6.07 Å². The summed E-state index contributed by atoms with van der Waals surface area (Å²) in [5, 5.41) is 10.3. The summed E-state index contributed by atoms with van der Waals surface area (Å²) >= 11 is 0. The van der Waals surface area contributed by atoms with E-state index in [0.29, 0.717) is 0 Å². The van der Waals surface area contributed by atoms with Crippen molar-refractivity contribution in [1.29, 1.82) is 5.26 Å². The largest absolute Gasteiger partial charge is 0.244 e. The third kappa shape index (κ3) is 4.31. The molecule has 2 aromatic rings. The Morgan fingerprint density at radius 1 is 0.821 bits per heavy atom. The first-order chi connectivity index (χ1) is 13.3. The summed E-state index contributed by atoms with van der Waals surface area (Å²) in [6, 6.07) is 16.9. The lowest BCUT2D eigenvalue weighted by Gasteiger charge is -2.32. The van der Waals surface area contributed by atoms with Crippen molar-refractivity contribution in [2.75, 3.05) is 26.2 Å². The van der Waals surface area contributed by atoms with Crippen LogP contribution in [0.5, 0.6) is 0 Å². The summed E-state index contributed by atoms with van der Waals surface area (Å²) in [5.41, 5.74) is 0.837. The Hall–Kier alpha value is -2.51. The molecule has 0 bridgehead atoms. The normalized spacial score (nSPS) is 16.8. The predicted octanol–water partition coefficient (Wildman–Crippen LogP) is 1.87. The van der Waals surface area contributed by atoms with Gasteiger partial charge in [-0.15, -0.1) is 0 Å². The third-order valence-electron chi connectivity index (χ3n) is 4.41. The van der Waals surface area contributed by atoms with Gasteiger partial charge in [-0.05, 0) is 23.8 Å². The first kappa shape index (κ1) is 20.2. The minimum atomic E-state index is -3.86. The van der Waals surface area contributed by atoms with Gasteiger partial charge in [0, 0.05) is 31.6 Å². The molecule has 0 aromatic heterocycles. The average molecular weight is 418 g/mol. The van der Waals surface area contributed by atoms with E-state index in [1.807, 2.05) is 24.3 Å². The van der Waals surface area contributed by atoms with E-state index in [0.717, 1.165) is 11.0 Å². The van der Waals surface area contributed by atoms with Crippen LogP contribution in [0.15, 0.2) is 64.9 Å². The lowest BCUT2D eigenvalue weighted by atomic mass is 10.2. The van der Waals surface area contributed by atoms with Crippen LogP contribution in [-0.4, -0.2) is 51.6 Å². The van der Waals surface area contributed by atoms with Crippen molar-refractivity contribution in [3.63, 3.8) is 0 Å². The van der Waals surface area contributed by atoms with Crippen molar-refractivity contribution >= 4 is 26.1 Å². The number of sulfonamides is 2. The Morgan fingerprint density at radius 2 is 1.39 bits per heavy atom. The highest BCUT2D eigenvalue weighted by molar-refractivity contribution is 7.92. The first-order valence-corrected chi connectivity index (χ1v) is 11.5. The Labute approximate surface area is 165 Å². The molecule has 9 heteroatoms. The van der Waals surface area contributed by atoms with E-state index in [4.69, 9.17) is 5.26 Å². The number of benzene rings is 2. The van der Waals surface area contributed by atoms with Gasteiger partial charge in [0.05, 0.1) is 10.5 Å². The van der Waals surface area contributed by atoms with Crippen LogP contribution in [0.4, 0.5) is 0 Å². The molecule has 28 heavy (non-hydrogen) atoms. The van der Waals surface area contributed by atoms with E-state index in [1.54, 1.807) is 24.3 Å². The monoisotopic (exact) mass is 417 g/mol. The number of rotatable bonds is 5. The highest BCUT2D eigenvalue weighted by atomic mass is 32.2. The highest BCUT2D eigenvalue weighted by Crippen LogP contribution is 2.22.